The molecule has 4 atom stereocenters. The van der Waals surface area contributed by atoms with Crippen LogP contribution in [0.4, 0.5) is 10.2 Å². The van der Waals surface area contributed by atoms with E-state index >= 15 is 4.39 Å². The summed E-state index contributed by atoms with van der Waals surface area (Å²) in [4.78, 5) is 5.94. The largest absolute Gasteiger partial charge is 0.507 e. The highest BCUT2D eigenvalue weighted by Crippen LogP contribution is 2.38. The van der Waals surface area contributed by atoms with E-state index in [1.165, 1.54) is 0 Å². The topological polar surface area (TPSA) is 79.1 Å². The standard InChI is InChI=1S/C23H27FN6O/c1-23-9-3-4-18(26-23)22(24)19(13-23)29(2)21-8-7-17(27-28-21)16-6-5-15(12-20(16)31)30-11-10-25-14-30/h5-8,10-12,14,18-19,22,26,31H,3-4,9,13H2,1-2H3/t18?,19-,22-,23-/m1/s1. The predicted molar refractivity (Wildman–Crippen MR) is 117 cm³/mol. The van der Waals surface area contributed by atoms with E-state index in [0.29, 0.717) is 17.1 Å². The Kier molecular flexibility index (Phi) is 4.89. The lowest BCUT2D eigenvalue weighted by Crippen LogP contribution is -2.66. The molecule has 2 aliphatic rings. The van der Waals surface area contributed by atoms with Crippen molar-refractivity contribution in [2.24, 2.45) is 0 Å². The minimum atomic E-state index is -0.945. The van der Waals surface area contributed by atoms with Crippen molar-refractivity contribution in [3.05, 3.63) is 49.1 Å². The van der Waals surface area contributed by atoms with Crippen LogP contribution in [0.1, 0.15) is 32.6 Å². The molecule has 0 radical (unpaired) electrons. The zero-order valence-electron chi connectivity index (χ0n) is 17.7. The molecule has 2 aliphatic heterocycles. The van der Waals surface area contributed by atoms with Gasteiger partial charge >= 0.3 is 0 Å². The van der Waals surface area contributed by atoms with Crippen LogP contribution < -0.4 is 10.2 Å². The van der Waals surface area contributed by atoms with Gasteiger partial charge in [0, 0.05) is 42.7 Å². The molecular weight excluding hydrogens is 395 g/mol. The fourth-order valence-corrected chi connectivity index (χ4v) is 5.03. The Labute approximate surface area is 180 Å². The number of aromatic nitrogens is 4. The van der Waals surface area contributed by atoms with E-state index < -0.39 is 6.17 Å². The Bertz CT molecular complexity index is 1060. The Morgan fingerprint density at radius 2 is 2.13 bits per heavy atom. The maximum absolute atomic E-state index is 15.2. The number of aromatic hydroxyl groups is 1. The highest BCUT2D eigenvalue weighted by molar-refractivity contribution is 5.69. The second-order valence-corrected chi connectivity index (χ2v) is 8.98. The van der Waals surface area contributed by atoms with Crippen molar-refractivity contribution in [1.29, 1.82) is 0 Å². The molecule has 1 unspecified atom stereocenters. The van der Waals surface area contributed by atoms with E-state index in [1.807, 2.05) is 47.0 Å². The SMILES string of the molecule is CN(c1ccc(-c2ccc(-n3ccnc3)cc2O)nn1)[C@@H]1C[C@@]2(C)CCCC(N2)[C@H]1F. The molecule has 2 N–H and O–H groups in total. The molecule has 2 fully saturated rings. The monoisotopic (exact) mass is 422 g/mol. The summed E-state index contributed by atoms with van der Waals surface area (Å²) in [6.45, 7) is 2.19. The highest BCUT2D eigenvalue weighted by Gasteiger charge is 2.47. The van der Waals surface area contributed by atoms with Gasteiger partial charge in [-0.1, -0.05) is 0 Å². The first-order valence-corrected chi connectivity index (χ1v) is 10.7. The average molecular weight is 423 g/mol. The number of anilines is 1. The molecule has 5 rings (SSSR count). The number of phenolic OH excluding ortho intramolecular Hbond substituents is 1. The van der Waals surface area contributed by atoms with Crippen LogP contribution in [-0.2, 0) is 0 Å². The van der Waals surface area contributed by atoms with Crippen molar-refractivity contribution in [2.75, 3.05) is 11.9 Å². The van der Waals surface area contributed by atoms with Gasteiger partial charge in [0.15, 0.2) is 5.82 Å². The number of alkyl halides is 1. The normalized spacial score (nSPS) is 27.8. The number of rotatable bonds is 4. The van der Waals surface area contributed by atoms with Gasteiger partial charge in [-0.05, 0) is 56.9 Å². The van der Waals surface area contributed by atoms with Crippen molar-refractivity contribution < 1.29 is 9.50 Å². The number of imidazole rings is 1. The molecule has 2 bridgehead atoms. The Hall–Kier alpha value is -3.00. The molecule has 162 valence electrons. The van der Waals surface area contributed by atoms with Crippen molar-refractivity contribution in [1.82, 2.24) is 25.1 Å². The van der Waals surface area contributed by atoms with Crippen LogP contribution in [0.15, 0.2) is 49.1 Å². The van der Waals surface area contributed by atoms with Crippen molar-refractivity contribution in [3.8, 4) is 22.7 Å². The van der Waals surface area contributed by atoms with Gasteiger partial charge in [-0.2, -0.15) is 0 Å². The molecular formula is C23H27FN6O. The van der Waals surface area contributed by atoms with E-state index in [0.717, 1.165) is 31.4 Å². The van der Waals surface area contributed by atoms with Gasteiger partial charge in [-0.25, -0.2) is 9.37 Å². The number of phenols is 1. The molecule has 0 spiro atoms. The van der Waals surface area contributed by atoms with Crippen LogP contribution in [0.2, 0.25) is 0 Å². The van der Waals surface area contributed by atoms with Gasteiger partial charge in [0.25, 0.3) is 0 Å². The fourth-order valence-electron chi connectivity index (χ4n) is 5.03. The molecule has 0 amide bonds. The average Bonchev–Trinajstić information content (AvgIpc) is 3.31. The third-order valence-corrected chi connectivity index (χ3v) is 6.76. The van der Waals surface area contributed by atoms with Crippen LogP contribution in [0.5, 0.6) is 5.75 Å². The van der Waals surface area contributed by atoms with Crippen LogP contribution in [0.25, 0.3) is 16.9 Å². The summed E-state index contributed by atoms with van der Waals surface area (Å²) in [5.74, 6) is 0.749. The van der Waals surface area contributed by atoms with Crippen LogP contribution >= 0.6 is 0 Å². The Morgan fingerprint density at radius 3 is 2.84 bits per heavy atom. The number of hydrogen-bond donors (Lipinski definition) is 2. The minimum absolute atomic E-state index is 0.0272. The molecule has 7 nitrogen and oxygen atoms in total. The lowest BCUT2D eigenvalue weighted by Gasteiger charge is -2.51. The number of hydrogen-bond acceptors (Lipinski definition) is 6. The zero-order chi connectivity index (χ0) is 21.6. The minimum Gasteiger partial charge on any atom is -0.507 e. The maximum Gasteiger partial charge on any atom is 0.151 e. The number of nitrogens with one attached hydrogen (secondary N) is 1. The van der Waals surface area contributed by atoms with E-state index in [4.69, 9.17) is 0 Å². The van der Waals surface area contributed by atoms with E-state index in [2.05, 4.69) is 27.4 Å². The first-order valence-electron chi connectivity index (χ1n) is 10.7. The van der Waals surface area contributed by atoms with Gasteiger partial charge in [-0.3, -0.25) is 0 Å². The van der Waals surface area contributed by atoms with Crippen LogP contribution in [-0.4, -0.2) is 55.7 Å². The lowest BCUT2D eigenvalue weighted by molar-refractivity contribution is 0.0607. The molecule has 0 aliphatic carbocycles. The quantitative estimate of drug-likeness (QED) is 0.670. The fraction of sp³-hybridized carbons (Fsp3) is 0.435. The third-order valence-electron chi connectivity index (χ3n) is 6.76. The van der Waals surface area contributed by atoms with Gasteiger partial charge in [0.2, 0.25) is 0 Å². The first kappa shape index (κ1) is 19.9. The predicted octanol–water partition coefficient (Wildman–Crippen LogP) is 3.48. The molecule has 1 aromatic carbocycles. The number of nitrogens with zero attached hydrogens (tertiary/aromatic N) is 5. The van der Waals surface area contributed by atoms with Crippen LogP contribution in [0, 0.1) is 0 Å². The van der Waals surface area contributed by atoms with E-state index in [1.54, 1.807) is 18.6 Å². The Balaban J connectivity index is 1.36. The zero-order valence-corrected chi connectivity index (χ0v) is 17.7. The van der Waals surface area contributed by atoms with Crippen molar-refractivity contribution in [3.63, 3.8) is 0 Å². The van der Waals surface area contributed by atoms with Gasteiger partial charge in [0.1, 0.15) is 11.9 Å². The van der Waals surface area contributed by atoms with Crippen molar-refractivity contribution >= 4 is 5.82 Å². The van der Waals surface area contributed by atoms with Gasteiger partial charge < -0.3 is 19.9 Å². The maximum atomic E-state index is 15.2. The second-order valence-electron chi connectivity index (χ2n) is 8.98. The van der Waals surface area contributed by atoms with Crippen molar-refractivity contribution in [2.45, 2.75) is 56.4 Å². The molecule has 8 heteroatoms. The Morgan fingerprint density at radius 1 is 1.26 bits per heavy atom. The summed E-state index contributed by atoms with van der Waals surface area (Å²) in [7, 11) is 1.89. The smallest absolute Gasteiger partial charge is 0.151 e. The summed E-state index contributed by atoms with van der Waals surface area (Å²) in [5, 5.41) is 22.7. The number of piperidine rings is 2. The number of fused-ring (bicyclic) bond motifs is 2. The summed E-state index contributed by atoms with van der Waals surface area (Å²) < 4.78 is 17.0. The highest BCUT2D eigenvalue weighted by atomic mass is 19.1. The summed E-state index contributed by atoms with van der Waals surface area (Å²) in [5.41, 5.74) is 1.94. The molecule has 3 aromatic rings. The number of benzene rings is 1. The second kappa shape index (κ2) is 7.60. The lowest BCUT2D eigenvalue weighted by atomic mass is 9.74. The molecule has 31 heavy (non-hydrogen) atoms. The van der Waals surface area contributed by atoms with E-state index in [9.17, 15) is 5.11 Å². The summed E-state index contributed by atoms with van der Waals surface area (Å²) >= 11 is 0. The third kappa shape index (κ3) is 3.65. The van der Waals surface area contributed by atoms with Gasteiger partial charge in [-0.15, -0.1) is 10.2 Å². The molecule has 0 saturated carbocycles. The molecule has 2 aromatic heterocycles. The van der Waals surface area contributed by atoms with E-state index in [-0.39, 0.29) is 23.4 Å². The number of halogens is 1. The summed E-state index contributed by atoms with van der Waals surface area (Å²) in [6.07, 6.45) is 7.98. The summed E-state index contributed by atoms with van der Waals surface area (Å²) in [6, 6.07) is 8.70. The molecule has 4 heterocycles. The first-order chi connectivity index (χ1) is 14.9. The van der Waals surface area contributed by atoms with Gasteiger partial charge in [0.05, 0.1) is 23.8 Å². The van der Waals surface area contributed by atoms with Crippen LogP contribution in [0.3, 0.4) is 0 Å². The molecule has 2 saturated heterocycles.